The van der Waals surface area contributed by atoms with Gasteiger partial charge in [0.2, 0.25) is 0 Å². The Labute approximate surface area is 110 Å². The molecule has 0 bridgehead atoms. The average molecular weight is 276 g/mol. The Morgan fingerprint density at radius 3 is 2.61 bits per heavy atom. The summed E-state index contributed by atoms with van der Waals surface area (Å²) < 4.78 is 26.2. The van der Waals surface area contributed by atoms with E-state index in [-0.39, 0.29) is 5.56 Å². The van der Waals surface area contributed by atoms with Crippen LogP contribution in [-0.2, 0) is 0 Å². The number of hydrogen-bond donors (Lipinski definition) is 1. The number of amides is 1. The molecule has 100 valence electrons. The molecule has 18 heavy (non-hydrogen) atoms. The van der Waals surface area contributed by atoms with Crippen LogP contribution in [0.3, 0.4) is 0 Å². The zero-order chi connectivity index (χ0) is 13.4. The number of nitrogens with one attached hydrogen (secondary N) is 1. The second-order valence-electron chi connectivity index (χ2n) is 3.96. The Bertz CT molecular complexity index is 399. The molecule has 0 heterocycles. The molecule has 1 aromatic carbocycles. The number of carbonyl (C=O) groups excluding carboxylic acids is 1. The van der Waals surface area contributed by atoms with E-state index in [0.717, 1.165) is 31.7 Å². The van der Waals surface area contributed by atoms with E-state index in [4.69, 9.17) is 11.6 Å². The third-order valence-corrected chi connectivity index (χ3v) is 2.81. The molecule has 0 aliphatic rings. The fraction of sp³-hybridized carbons (Fsp3) is 0.462. The van der Waals surface area contributed by atoms with E-state index < -0.39 is 17.5 Å². The Morgan fingerprint density at radius 1 is 1.17 bits per heavy atom. The minimum Gasteiger partial charge on any atom is -0.352 e. The van der Waals surface area contributed by atoms with Crippen molar-refractivity contribution in [3.63, 3.8) is 0 Å². The summed E-state index contributed by atoms with van der Waals surface area (Å²) in [5, 5.41) is 2.57. The van der Waals surface area contributed by atoms with Crippen LogP contribution in [0.5, 0.6) is 0 Å². The normalized spacial score (nSPS) is 10.4. The maximum Gasteiger partial charge on any atom is 0.254 e. The summed E-state index contributed by atoms with van der Waals surface area (Å²) in [4.78, 5) is 11.6. The molecule has 5 heteroatoms. The van der Waals surface area contributed by atoms with Gasteiger partial charge in [-0.2, -0.15) is 0 Å². The number of unbranched alkanes of at least 4 members (excludes halogenated alkanes) is 3. The van der Waals surface area contributed by atoms with Crippen molar-refractivity contribution < 1.29 is 13.6 Å². The van der Waals surface area contributed by atoms with Gasteiger partial charge in [0.15, 0.2) is 11.6 Å². The Kier molecular flexibility index (Phi) is 6.65. The number of carbonyl (C=O) groups is 1. The maximum atomic E-state index is 13.3. The summed E-state index contributed by atoms with van der Waals surface area (Å²) in [5.74, 6) is -2.05. The predicted molar refractivity (Wildman–Crippen MR) is 67.9 cm³/mol. The molecule has 0 fully saturated rings. The van der Waals surface area contributed by atoms with Gasteiger partial charge >= 0.3 is 0 Å². The van der Waals surface area contributed by atoms with Gasteiger partial charge in [-0.15, -0.1) is 11.6 Å². The number of rotatable bonds is 7. The van der Waals surface area contributed by atoms with Crippen LogP contribution in [0.25, 0.3) is 0 Å². The Morgan fingerprint density at radius 2 is 1.89 bits per heavy atom. The summed E-state index contributed by atoms with van der Waals surface area (Å²) in [7, 11) is 0. The Hall–Kier alpha value is -1.16. The van der Waals surface area contributed by atoms with Gasteiger partial charge in [-0.05, 0) is 25.0 Å². The van der Waals surface area contributed by atoms with Gasteiger partial charge in [0.1, 0.15) is 0 Å². The van der Waals surface area contributed by atoms with E-state index in [2.05, 4.69) is 5.32 Å². The largest absolute Gasteiger partial charge is 0.352 e. The number of alkyl halides is 1. The van der Waals surface area contributed by atoms with Gasteiger partial charge < -0.3 is 5.32 Å². The highest BCUT2D eigenvalue weighted by Gasteiger charge is 2.13. The van der Waals surface area contributed by atoms with Crippen molar-refractivity contribution in [1.82, 2.24) is 5.32 Å². The topological polar surface area (TPSA) is 29.1 Å². The summed E-state index contributed by atoms with van der Waals surface area (Å²) in [6, 6.07) is 3.56. The van der Waals surface area contributed by atoms with Gasteiger partial charge in [-0.25, -0.2) is 8.78 Å². The summed E-state index contributed by atoms with van der Waals surface area (Å²) in [6.07, 6.45) is 3.72. The standard InChI is InChI=1S/C13H16ClF2NO/c14-8-3-1-2-4-9-17-13(18)10-6-5-7-11(15)12(10)16/h5-7H,1-4,8-9H2,(H,17,18). The minimum atomic E-state index is -1.10. The molecule has 2 nitrogen and oxygen atoms in total. The van der Waals surface area contributed by atoms with E-state index in [1.165, 1.54) is 12.1 Å². The second kappa shape index (κ2) is 8.03. The molecule has 1 amide bonds. The molecule has 0 unspecified atom stereocenters. The molecule has 0 aliphatic heterocycles. The number of benzene rings is 1. The van der Waals surface area contributed by atoms with Crippen molar-refractivity contribution in [2.75, 3.05) is 12.4 Å². The first kappa shape index (κ1) is 14.9. The molecule has 0 spiro atoms. The highest BCUT2D eigenvalue weighted by atomic mass is 35.5. The van der Waals surface area contributed by atoms with Crippen LogP contribution < -0.4 is 5.32 Å². The monoisotopic (exact) mass is 275 g/mol. The molecule has 0 saturated carbocycles. The maximum absolute atomic E-state index is 13.3. The molecule has 1 rings (SSSR count). The molecular formula is C13H16ClF2NO. The zero-order valence-corrected chi connectivity index (χ0v) is 10.8. The second-order valence-corrected chi connectivity index (χ2v) is 4.34. The first-order chi connectivity index (χ1) is 8.66. The van der Waals surface area contributed by atoms with Crippen LogP contribution >= 0.6 is 11.6 Å². The van der Waals surface area contributed by atoms with Crippen LogP contribution in [0, 0.1) is 11.6 Å². The first-order valence-corrected chi connectivity index (χ1v) is 6.48. The summed E-state index contributed by atoms with van der Waals surface area (Å²) >= 11 is 5.53. The molecule has 1 aromatic rings. The lowest BCUT2D eigenvalue weighted by Gasteiger charge is -2.06. The predicted octanol–water partition coefficient (Wildman–Crippen LogP) is 3.49. The highest BCUT2D eigenvalue weighted by molar-refractivity contribution is 6.17. The van der Waals surface area contributed by atoms with Gasteiger partial charge in [0, 0.05) is 12.4 Å². The molecule has 0 atom stereocenters. The summed E-state index contributed by atoms with van der Waals surface area (Å²) in [6.45, 7) is 0.455. The van der Waals surface area contributed by atoms with Crippen LogP contribution in [0.1, 0.15) is 36.0 Å². The van der Waals surface area contributed by atoms with Crippen molar-refractivity contribution in [2.45, 2.75) is 25.7 Å². The van der Waals surface area contributed by atoms with Crippen LogP contribution in [-0.4, -0.2) is 18.3 Å². The van der Waals surface area contributed by atoms with Crippen molar-refractivity contribution in [3.8, 4) is 0 Å². The van der Waals surface area contributed by atoms with Crippen molar-refractivity contribution in [1.29, 1.82) is 0 Å². The van der Waals surface area contributed by atoms with Crippen molar-refractivity contribution in [2.24, 2.45) is 0 Å². The number of halogens is 3. The van der Waals surface area contributed by atoms with E-state index in [1.54, 1.807) is 0 Å². The van der Waals surface area contributed by atoms with Gasteiger partial charge in [0.05, 0.1) is 5.56 Å². The van der Waals surface area contributed by atoms with Gasteiger partial charge in [-0.1, -0.05) is 18.9 Å². The lowest BCUT2D eigenvalue weighted by Crippen LogP contribution is -2.25. The minimum absolute atomic E-state index is 0.254. The molecular weight excluding hydrogens is 260 g/mol. The highest BCUT2D eigenvalue weighted by Crippen LogP contribution is 2.11. The van der Waals surface area contributed by atoms with E-state index in [1.807, 2.05) is 0 Å². The molecule has 0 radical (unpaired) electrons. The van der Waals surface area contributed by atoms with Crippen molar-refractivity contribution >= 4 is 17.5 Å². The molecule has 0 aromatic heterocycles. The zero-order valence-electron chi connectivity index (χ0n) is 10.0. The van der Waals surface area contributed by atoms with Gasteiger partial charge in [-0.3, -0.25) is 4.79 Å². The van der Waals surface area contributed by atoms with E-state index in [0.29, 0.717) is 12.4 Å². The fourth-order valence-electron chi connectivity index (χ4n) is 1.55. The van der Waals surface area contributed by atoms with Crippen LogP contribution in [0.15, 0.2) is 18.2 Å². The quantitative estimate of drug-likeness (QED) is 0.599. The third-order valence-electron chi connectivity index (χ3n) is 2.54. The smallest absolute Gasteiger partial charge is 0.254 e. The van der Waals surface area contributed by atoms with E-state index >= 15 is 0 Å². The number of hydrogen-bond acceptors (Lipinski definition) is 1. The molecule has 0 aliphatic carbocycles. The van der Waals surface area contributed by atoms with Crippen LogP contribution in [0.4, 0.5) is 8.78 Å². The SMILES string of the molecule is O=C(NCCCCCCCl)c1cccc(F)c1F. The lowest BCUT2D eigenvalue weighted by atomic mass is 10.1. The Balaban J connectivity index is 2.35. The van der Waals surface area contributed by atoms with Gasteiger partial charge in [0.25, 0.3) is 5.91 Å². The first-order valence-electron chi connectivity index (χ1n) is 5.95. The summed E-state index contributed by atoms with van der Waals surface area (Å²) in [5.41, 5.74) is -0.254. The lowest BCUT2D eigenvalue weighted by molar-refractivity contribution is 0.0948. The average Bonchev–Trinajstić information content (AvgIpc) is 2.36. The van der Waals surface area contributed by atoms with Crippen LogP contribution in [0.2, 0.25) is 0 Å². The fourth-order valence-corrected chi connectivity index (χ4v) is 1.74. The third kappa shape index (κ3) is 4.61. The van der Waals surface area contributed by atoms with Crippen molar-refractivity contribution in [3.05, 3.63) is 35.4 Å². The van der Waals surface area contributed by atoms with E-state index in [9.17, 15) is 13.6 Å². The molecule has 0 saturated heterocycles. The molecule has 1 N–H and O–H groups in total.